The number of hydrogen-bond donors (Lipinski definition) is 3. The van der Waals surface area contributed by atoms with Crippen molar-refractivity contribution in [2.75, 3.05) is 6.54 Å². The third kappa shape index (κ3) is 4.39. The number of hydroxylamine groups is 1. The number of aromatic nitrogens is 2. The first-order chi connectivity index (χ1) is 15.7. The Kier molecular flexibility index (Phi) is 5.80. The fourth-order valence-electron chi connectivity index (χ4n) is 3.46. The molecule has 1 aliphatic heterocycles. The van der Waals surface area contributed by atoms with Gasteiger partial charge in [0.25, 0.3) is 11.5 Å². The van der Waals surface area contributed by atoms with E-state index in [0.29, 0.717) is 11.1 Å². The molecular formula is C22H19F2N5O4. The first kappa shape index (κ1) is 22.0. The maximum Gasteiger partial charge on any atom is 0.331 e. The quantitative estimate of drug-likeness (QED) is 0.536. The highest BCUT2D eigenvalue weighted by Crippen LogP contribution is 2.13. The van der Waals surface area contributed by atoms with E-state index in [-0.39, 0.29) is 29.6 Å². The van der Waals surface area contributed by atoms with E-state index < -0.39 is 28.8 Å². The Morgan fingerprint density at radius 2 is 1.91 bits per heavy atom. The summed E-state index contributed by atoms with van der Waals surface area (Å²) in [7, 11) is 1.47. The van der Waals surface area contributed by atoms with Crippen molar-refractivity contribution in [2.45, 2.75) is 6.54 Å². The molecular weight excluding hydrogens is 436 g/mol. The summed E-state index contributed by atoms with van der Waals surface area (Å²) in [5.74, 6) is -2.58. The fourth-order valence-corrected chi connectivity index (χ4v) is 3.46. The van der Waals surface area contributed by atoms with Crippen molar-refractivity contribution < 1.29 is 18.8 Å². The molecule has 2 aromatic carbocycles. The van der Waals surface area contributed by atoms with Crippen molar-refractivity contribution in [1.29, 1.82) is 0 Å². The third-order valence-electron chi connectivity index (χ3n) is 5.18. The molecule has 0 atom stereocenters. The second-order valence-electron chi connectivity index (χ2n) is 7.41. The van der Waals surface area contributed by atoms with Crippen LogP contribution in [0, 0.1) is 11.6 Å². The molecule has 0 aliphatic carbocycles. The van der Waals surface area contributed by atoms with Crippen LogP contribution in [0.5, 0.6) is 0 Å². The predicted molar refractivity (Wildman–Crippen MR) is 115 cm³/mol. The minimum atomic E-state index is -1.08. The predicted octanol–water partition coefficient (Wildman–Crippen LogP) is 1.36. The second-order valence-corrected chi connectivity index (χ2v) is 7.41. The summed E-state index contributed by atoms with van der Waals surface area (Å²) in [6.45, 7) is -0.138. The van der Waals surface area contributed by atoms with Crippen molar-refractivity contribution in [3.63, 3.8) is 0 Å². The zero-order chi connectivity index (χ0) is 23.7. The Hall–Kier alpha value is -4.25. The van der Waals surface area contributed by atoms with Gasteiger partial charge in [0, 0.05) is 25.4 Å². The summed E-state index contributed by atoms with van der Waals surface area (Å²) < 4.78 is 28.9. The van der Waals surface area contributed by atoms with E-state index in [0.717, 1.165) is 21.9 Å². The van der Waals surface area contributed by atoms with E-state index in [1.807, 2.05) is 0 Å². The molecule has 0 fully saturated rings. The maximum absolute atomic E-state index is 13.6. The topological polar surface area (TPSA) is 109 Å². The number of hydrazine groups is 1. The monoisotopic (exact) mass is 455 g/mol. The molecule has 1 aliphatic rings. The molecule has 9 nitrogen and oxygen atoms in total. The molecule has 0 saturated heterocycles. The summed E-state index contributed by atoms with van der Waals surface area (Å²) in [6, 6.07) is 7.49. The average Bonchev–Trinajstić information content (AvgIpc) is 2.80. The van der Waals surface area contributed by atoms with E-state index in [1.165, 1.54) is 48.3 Å². The number of aryl methyl sites for hydroxylation is 1. The first-order valence-corrected chi connectivity index (χ1v) is 9.82. The number of carbonyl (C=O) groups excluding carboxylic acids is 1. The zero-order valence-electron chi connectivity index (χ0n) is 17.4. The van der Waals surface area contributed by atoms with Crippen molar-refractivity contribution in [3.8, 4) is 0 Å². The number of halogens is 2. The molecule has 3 N–H and O–H groups in total. The highest BCUT2D eigenvalue weighted by molar-refractivity contribution is 5.98. The highest BCUT2D eigenvalue weighted by atomic mass is 19.2. The maximum atomic E-state index is 13.6. The van der Waals surface area contributed by atoms with Crippen LogP contribution in [0.3, 0.4) is 0 Å². The number of hydrogen-bond acceptors (Lipinski definition) is 6. The third-order valence-corrected chi connectivity index (χ3v) is 5.18. The van der Waals surface area contributed by atoms with Crippen molar-refractivity contribution >= 4 is 16.8 Å². The largest absolute Gasteiger partial charge is 0.348 e. The number of carbonyl (C=O) groups is 1. The lowest BCUT2D eigenvalue weighted by Crippen LogP contribution is -2.39. The van der Waals surface area contributed by atoms with Gasteiger partial charge in [0.15, 0.2) is 11.6 Å². The minimum absolute atomic E-state index is 0.120. The average molecular weight is 455 g/mol. The van der Waals surface area contributed by atoms with E-state index in [1.54, 1.807) is 6.08 Å². The summed E-state index contributed by atoms with van der Waals surface area (Å²) in [6.07, 6.45) is 4.54. The van der Waals surface area contributed by atoms with Crippen molar-refractivity contribution in [1.82, 2.24) is 25.0 Å². The fraction of sp³-hybridized carbons (Fsp3) is 0.136. The molecule has 1 amide bonds. The van der Waals surface area contributed by atoms with Crippen LogP contribution in [0.2, 0.25) is 0 Å². The van der Waals surface area contributed by atoms with Crippen molar-refractivity contribution in [3.05, 3.63) is 104 Å². The zero-order valence-corrected chi connectivity index (χ0v) is 17.4. The van der Waals surface area contributed by atoms with Gasteiger partial charge in [0.05, 0.1) is 23.6 Å². The lowest BCUT2D eigenvalue weighted by atomic mass is 10.1. The van der Waals surface area contributed by atoms with Gasteiger partial charge in [-0.2, -0.15) is 5.17 Å². The Morgan fingerprint density at radius 1 is 1.12 bits per heavy atom. The van der Waals surface area contributed by atoms with Crippen LogP contribution in [-0.2, 0) is 13.6 Å². The number of amides is 1. The van der Waals surface area contributed by atoms with Gasteiger partial charge in [0.2, 0.25) is 0 Å². The minimum Gasteiger partial charge on any atom is -0.348 e. The molecule has 0 saturated carbocycles. The molecule has 0 bridgehead atoms. The van der Waals surface area contributed by atoms with Gasteiger partial charge in [-0.1, -0.05) is 6.07 Å². The van der Waals surface area contributed by atoms with E-state index in [9.17, 15) is 28.4 Å². The molecule has 0 radical (unpaired) electrons. The molecule has 11 heteroatoms. The van der Waals surface area contributed by atoms with Crippen LogP contribution < -0.4 is 22.0 Å². The molecule has 0 unspecified atom stereocenters. The van der Waals surface area contributed by atoms with Crippen LogP contribution in [0.1, 0.15) is 15.9 Å². The summed E-state index contributed by atoms with van der Waals surface area (Å²) >= 11 is 0. The number of fused-ring (bicyclic) bond motifs is 1. The van der Waals surface area contributed by atoms with Crippen molar-refractivity contribution in [2.24, 2.45) is 7.05 Å². The second kappa shape index (κ2) is 8.71. The molecule has 2 heterocycles. The van der Waals surface area contributed by atoms with Gasteiger partial charge in [-0.3, -0.25) is 29.4 Å². The SMILES string of the molecule is Cn1c(=O)n(Cc2ccc(F)c(F)c2)c(=O)c2cc(C(=O)NCC3=CN(O)NC=C3)ccc21. The van der Waals surface area contributed by atoms with Crippen LogP contribution >= 0.6 is 0 Å². The van der Waals surface area contributed by atoms with E-state index in [2.05, 4.69) is 10.7 Å². The molecule has 33 heavy (non-hydrogen) atoms. The van der Waals surface area contributed by atoms with Gasteiger partial charge in [-0.05, 0) is 47.5 Å². The molecule has 4 rings (SSSR count). The Bertz CT molecular complexity index is 1440. The molecule has 3 aromatic rings. The van der Waals surface area contributed by atoms with E-state index >= 15 is 0 Å². The number of nitrogens with zero attached hydrogens (tertiary/aromatic N) is 3. The Balaban J connectivity index is 1.67. The van der Waals surface area contributed by atoms with Crippen LogP contribution in [0.15, 0.2) is 70.0 Å². The molecule has 1 aromatic heterocycles. The summed E-state index contributed by atoms with van der Waals surface area (Å²) in [5, 5.41) is 12.9. The lowest BCUT2D eigenvalue weighted by molar-refractivity contribution is -0.0768. The van der Waals surface area contributed by atoms with Crippen LogP contribution in [0.4, 0.5) is 8.78 Å². The highest BCUT2D eigenvalue weighted by Gasteiger charge is 2.15. The van der Waals surface area contributed by atoms with Gasteiger partial charge in [-0.15, -0.1) is 0 Å². The number of benzene rings is 2. The molecule has 0 spiro atoms. The Morgan fingerprint density at radius 3 is 2.64 bits per heavy atom. The standard InChI is InChI=1S/C22H19F2N5O4/c1-27-19-5-3-15(20(30)25-10-14-6-7-26-29(33)12-14)9-16(19)21(31)28(22(27)32)11-13-2-4-17(23)18(24)8-13/h2-9,12,26,33H,10-11H2,1H3,(H,25,30). The van der Waals surface area contributed by atoms with E-state index in [4.69, 9.17) is 0 Å². The summed E-state index contributed by atoms with van der Waals surface area (Å²) in [4.78, 5) is 38.4. The van der Waals surface area contributed by atoms with Gasteiger partial charge < -0.3 is 5.32 Å². The van der Waals surface area contributed by atoms with Crippen LogP contribution in [-0.4, -0.2) is 32.0 Å². The Labute approximate surface area is 185 Å². The molecule has 170 valence electrons. The summed E-state index contributed by atoms with van der Waals surface area (Å²) in [5.41, 5.74) is 2.60. The lowest BCUT2D eigenvalue weighted by Gasteiger charge is -2.17. The first-order valence-electron chi connectivity index (χ1n) is 9.82. The van der Waals surface area contributed by atoms with Gasteiger partial charge in [0.1, 0.15) is 0 Å². The number of nitrogens with one attached hydrogen (secondary N) is 2. The number of rotatable bonds is 5. The van der Waals surface area contributed by atoms with Gasteiger partial charge >= 0.3 is 5.69 Å². The smallest absolute Gasteiger partial charge is 0.331 e. The normalized spacial score (nSPS) is 13.1. The van der Waals surface area contributed by atoms with Gasteiger partial charge in [-0.25, -0.2) is 13.6 Å². The van der Waals surface area contributed by atoms with Crippen LogP contribution in [0.25, 0.3) is 10.9 Å².